The molecule has 1 amide bonds. The molecule has 28 heavy (non-hydrogen) atoms. The summed E-state index contributed by atoms with van der Waals surface area (Å²) in [5, 5.41) is 11.7. The van der Waals surface area contributed by atoms with Gasteiger partial charge >= 0.3 is 12.3 Å². The van der Waals surface area contributed by atoms with Gasteiger partial charge in [-0.15, -0.1) is 13.2 Å². The minimum Gasteiger partial charge on any atom is -0.481 e. The van der Waals surface area contributed by atoms with E-state index in [0.717, 1.165) is 6.07 Å². The van der Waals surface area contributed by atoms with Gasteiger partial charge in [0.1, 0.15) is 11.5 Å². The molecule has 2 N–H and O–H groups in total. The highest BCUT2D eigenvalue weighted by atomic mass is 19.4. The molecule has 0 saturated carbocycles. The number of benzene rings is 1. The van der Waals surface area contributed by atoms with Crippen LogP contribution >= 0.6 is 0 Å². The third kappa shape index (κ3) is 4.63. The van der Waals surface area contributed by atoms with Crippen LogP contribution in [0.3, 0.4) is 0 Å². The molecule has 1 fully saturated rings. The maximum absolute atomic E-state index is 12.6. The molecule has 0 bridgehead atoms. The first-order valence-corrected chi connectivity index (χ1v) is 8.24. The van der Waals surface area contributed by atoms with E-state index in [2.05, 4.69) is 10.1 Å². The van der Waals surface area contributed by atoms with Crippen LogP contribution in [0, 0.1) is 0 Å². The zero-order valence-electron chi connectivity index (χ0n) is 14.4. The second kappa shape index (κ2) is 7.55. The summed E-state index contributed by atoms with van der Waals surface area (Å²) in [4.78, 5) is 23.6. The number of hydrogen-bond donors (Lipinski definition) is 2. The van der Waals surface area contributed by atoms with Gasteiger partial charge in [-0.05, 0) is 30.7 Å². The number of ether oxygens (including phenoxy) is 2. The summed E-state index contributed by atoms with van der Waals surface area (Å²) in [6.07, 6.45) is -4.88. The first-order chi connectivity index (χ1) is 13.2. The number of carbonyl (C=O) groups excluding carboxylic acids is 1. The molecule has 150 valence electrons. The van der Waals surface area contributed by atoms with Crippen LogP contribution in [0.4, 0.5) is 13.2 Å². The average molecular weight is 399 g/mol. The number of aliphatic carboxylic acids is 1. The largest absolute Gasteiger partial charge is 0.573 e. The standard InChI is InChI=1S/C18H16F3NO6/c19-18(20,21)28-13-4-2-1-3-11(13)12-5-6-14(27-12)16(25)22-17(9-15(23)24)7-8-26-10-17/h1-6H,7-10H2,(H,22,25)(H,23,24). The number of alkyl halides is 3. The number of carboxylic acid groups (broad SMARTS) is 1. The van der Waals surface area contributed by atoms with Gasteiger partial charge in [-0.3, -0.25) is 9.59 Å². The minimum atomic E-state index is -4.88. The molecule has 0 spiro atoms. The number of carbonyl (C=O) groups is 2. The third-order valence-corrected chi connectivity index (χ3v) is 4.18. The molecule has 1 atom stereocenters. The van der Waals surface area contributed by atoms with Crippen LogP contribution in [-0.2, 0) is 9.53 Å². The monoisotopic (exact) mass is 399 g/mol. The molecule has 0 aliphatic carbocycles. The second-order valence-corrected chi connectivity index (χ2v) is 6.32. The SMILES string of the molecule is O=C(O)CC1(NC(=O)c2ccc(-c3ccccc3OC(F)(F)F)o2)CCOC1. The van der Waals surface area contributed by atoms with E-state index < -0.39 is 29.5 Å². The fraction of sp³-hybridized carbons (Fsp3) is 0.333. The zero-order valence-corrected chi connectivity index (χ0v) is 14.4. The molecule has 0 radical (unpaired) electrons. The van der Waals surface area contributed by atoms with E-state index in [0.29, 0.717) is 13.0 Å². The van der Waals surface area contributed by atoms with Crippen molar-refractivity contribution in [1.82, 2.24) is 5.32 Å². The molecular formula is C18H16F3NO6. The van der Waals surface area contributed by atoms with Crippen LogP contribution < -0.4 is 10.1 Å². The number of rotatable bonds is 6. The van der Waals surface area contributed by atoms with E-state index in [-0.39, 0.29) is 30.1 Å². The number of amides is 1. The molecule has 1 aliphatic heterocycles. The van der Waals surface area contributed by atoms with Crippen molar-refractivity contribution in [1.29, 1.82) is 0 Å². The number of halogens is 3. The topological polar surface area (TPSA) is 98.0 Å². The lowest BCUT2D eigenvalue weighted by Crippen LogP contribution is -2.50. The molecule has 7 nitrogen and oxygen atoms in total. The molecule has 2 heterocycles. The highest BCUT2D eigenvalue weighted by Crippen LogP contribution is 2.34. The minimum absolute atomic E-state index is 0.0000403. The lowest BCUT2D eigenvalue weighted by Gasteiger charge is -2.26. The van der Waals surface area contributed by atoms with Crippen molar-refractivity contribution in [3.05, 3.63) is 42.2 Å². The molecule has 1 saturated heterocycles. The van der Waals surface area contributed by atoms with E-state index in [1.165, 1.54) is 30.3 Å². The molecule has 2 aromatic rings. The first kappa shape index (κ1) is 19.7. The fourth-order valence-electron chi connectivity index (χ4n) is 2.97. The van der Waals surface area contributed by atoms with E-state index >= 15 is 0 Å². The van der Waals surface area contributed by atoms with Gasteiger partial charge in [0.2, 0.25) is 0 Å². The van der Waals surface area contributed by atoms with E-state index in [1.54, 1.807) is 0 Å². The van der Waals surface area contributed by atoms with Gasteiger partial charge in [0, 0.05) is 6.61 Å². The molecule has 1 aliphatic rings. The Morgan fingerprint density at radius 2 is 1.96 bits per heavy atom. The summed E-state index contributed by atoms with van der Waals surface area (Å²) in [6, 6.07) is 7.98. The number of hydrogen-bond acceptors (Lipinski definition) is 5. The van der Waals surface area contributed by atoms with Gasteiger partial charge in [0.05, 0.1) is 24.1 Å². The van der Waals surface area contributed by atoms with Gasteiger partial charge in [0.25, 0.3) is 5.91 Å². The number of furan rings is 1. The van der Waals surface area contributed by atoms with Gasteiger partial charge in [0.15, 0.2) is 5.76 Å². The van der Waals surface area contributed by atoms with Crippen LogP contribution in [0.5, 0.6) is 5.75 Å². The van der Waals surface area contributed by atoms with Crippen molar-refractivity contribution in [2.75, 3.05) is 13.2 Å². The highest BCUT2D eigenvalue weighted by molar-refractivity contribution is 5.93. The van der Waals surface area contributed by atoms with Gasteiger partial charge in [-0.2, -0.15) is 0 Å². The van der Waals surface area contributed by atoms with Crippen molar-refractivity contribution >= 4 is 11.9 Å². The lowest BCUT2D eigenvalue weighted by atomic mass is 9.94. The number of carboxylic acids is 1. The zero-order chi connectivity index (χ0) is 20.4. The summed E-state index contributed by atoms with van der Waals surface area (Å²) in [7, 11) is 0. The molecule has 10 heteroatoms. The van der Waals surface area contributed by atoms with Crippen LogP contribution in [0.15, 0.2) is 40.8 Å². The van der Waals surface area contributed by atoms with Crippen LogP contribution in [0.25, 0.3) is 11.3 Å². The smallest absolute Gasteiger partial charge is 0.481 e. The summed E-state index contributed by atoms with van der Waals surface area (Å²) in [6.45, 7) is 0.347. The Morgan fingerprint density at radius 3 is 2.61 bits per heavy atom. The summed E-state index contributed by atoms with van der Waals surface area (Å²) in [5.41, 5.74) is -1.05. The normalized spacial score (nSPS) is 19.4. The van der Waals surface area contributed by atoms with E-state index in [4.69, 9.17) is 14.3 Å². The lowest BCUT2D eigenvalue weighted by molar-refractivity contribution is -0.274. The van der Waals surface area contributed by atoms with Crippen molar-refractivity contribution in [2.24, 2.45) is 0 Å². The summed E-state index contributed by atoms with van der Waals surface area (Å²) >= 11 is 0. The Hall–Kier alpha value is -3.01. The number of para-hydroxylation sites is 1. The Bertz CT molecular complexity index is 870. The summed E-state index contributed by atoms with van der Waals surface area (Å²) in [5.74, 6) is -2.42. The van der Waals surface area contributed by atoms with Crippen LogP contribution in [-0.4, -0.2) is 42.1 Å². The predicted molar refractivity (Wildman–Crippen MR) is 88.7 cm³/mol. The van der Waals surface area contributed by atoms with E-state index in [1.807, 2.05) is 0 Å². The molecular weight excluding hydrogens is 383 g/mol. The van der Waals surface area contributed by atoms with Gasteiger partial charge in [-0.25, -0.2) is 0 Å². The van der Waals surface area contributed by atoms with Crippen molar-refractivity contribution in [3.63, 3.8) is 0 Å². The average Bonchev–Trinajstić information content (AvgIpc) is 3.23. The maximum Gasteiger partial charge on any atom is 0.573 e. The first-order valence-electron chi connectivity index (χ1n) is 8.24. The highest BCUT2D eigenvalue weighted by Gasteiger charge is 2.39. The van der Waals surface area contributed by atoms with Gasteiger partial charge in [-0.1, -0.05) is 12.1 Å². The summed E-state index contributed by atoms with van der Waals surface area (Å²) < 4.78 is 52.3. The molecule has 3 rings (SSSR count). The van der Waals surface area contributed by atoms with Crippen molar-refractivity contribution in [2.45, 2.75) is 24.7 Å². The molecule has 1 aromatic heterocycles. The Kier molecular flexibility index (Phi) is 5.32. The van der Waals surface area contributed by atoms with Crippen LogP contribution in [0.2, 0.25) is 0 Å². The fourth-order valence-corrected chi connectivity index (χ4v) is 2.97. The Balaban J connectivity index is 1.81. The second-order valence-electron chi connectivity index (χ2n) is 6.32. The predicted octanol–water partition coefficient (Wildman–Crippen LogP) is 3.21. The third-order valence-electron chi connectivity index (χ3n) is 4.18. The van der Waals surface area contributed by atoms with Crippen molar-refractivity contribution < 1.29 is 41.8 Å². The quantitative estimate of drug-likeness (QED) is 0.774. The maximum atomic E-state index is 12.6. The Morgan fingerprint density at radius 1 is 1.21 bits per heavy atom. The number of nitrogens with one attached hydrogen (secondary N) is 1. The van der Waals surface area contributed by atoms with E-state index in [9.17, 15) is 22.8 Å². The van der Waals surface area contributed by atoms with Crippen molar-refractivity contribution in [3.8, 4) is 17.1 Å². The molecule has 1 unspecified atom stereocenters. The van der Waals surface area contributed by atoms with Gasteiger partial charge < -0.3 is 24.3 Å². The molecule has 1 aromatic carbocycles. The Labute approximate surface area is 157 Å². The van der Waals surface area contributed by atoms with Crippen LogP contribution in [0.1, 0.15) is 23.4 Å².